The van der Waals surface area contributed by atoms with Crippen LogP contribution in [0.15, 0.2) is 76.0 Å². The van der Waals surface area contributed by atoms with E-state index < -0.39 is 10.0 Å². The number of pyridine rings is 1. The first-order valence-corrected chi connectivity index (χ1v) is 12.5. The summed E-state index contributed by atoms with van der Waals surface area (Å²) < 4.78 is 29.4. The van der Waals surface area contributed by atoms with Crippen LogP contribution < -0.4 is 10.3 Å². The van der Waals surface area contributed by atoms with Crippen molar-refractivity contribution in [3.8, 4) is 11.1 Å². The molecule has 2 unspecified atom stereocenters. The molecule has 1 aliphatic rings. The largest absolute Gasteiger partial charge is 0.307 e. The Hall–Kier alpha value is -2.22. The Morgan fingerprint density at radius 1 is 1.03 bits per heavy atom. The molecule has 0 aliphatic carbocycles. The summed E-state index contributed by atoms with van der Waals surface area (Å²) in [5.41, 5.74) is 4.07. The second kappa shape index (κ2) is 8.49. The first kappa shape index (κ1) is 21.0. The fourth-order valence-electron chi connectivity index (χ4n) is 4.23. The molecule has 0 amide bonds. The zero-order valence-electron chi connectivity index (χ0n) is 16.6. The van der Waals surface area contributed by atoms with Crippen molar-refractivity contribution in [2.75, 3.05) is 6.26 Å². The van der Waals surface area contributed by atoms with E-state index in [9.17, 15) is 13.2 Å². The summed E-state index contributed by atoms with van der Waals surface area (Å²) in [7, 11) is -3.40. The van der Waals surface area contributed by atoms with Crippen LogP contribution in [0.1, 0.15) is 23.7 Å². The van der Waals surface area contributed by atoms with Crippen LogP contribution in [0.3, 0.4) is 0 Å². The van der Waals surface area contributed by atoms with Crippen LogP contribution in [0.2, 0.25) is 0 Å². The molecule has 4 rings (SSSR count). The fraction of sp³-hybridized carbons (Fsp3) is 0.261. The minimum absolute atomic E-state index is 0.114. The van der Waals surface area contributed by atoms with Crippen molar-refractivity contribution in [1.29, 1.82) is 0 Å². The van der Waals surface area contributed by atoms with E-state index in [0.29, 0.717) is 19.3 Å². The van der Waals surface area contributed by atoms with Crippen molar-refractivity contribution in [3.05, 3.63) is 92.8 Å². The van der Waals surface area contributed by atoms with Crippen molar-refractivity contribution in [2.24, 2.45) is 0 Å². The summed E-state index contributed by atoms with van der Waals surface area (Å²) in [6, 6.07) is 21.0. The minimum Gasteiger partial charge on any atom is -0.307 e. The Morgan fingerprint density at radius 3 is 2.50 bits per heavy atom. The molecule has 7 heteroatoms. The average molecular weight is 487 g/mol. The van der Waals surface area contributed by atoms with Gasteiger partial charge in [0.25, 0.3) is 5.56 Å². The zero-order chi connectivity index (χ0) is 21.3. The lowest BCUT2D eigenvalue weighted by Crippen LogP contribution is -2.48. The number of hydrogen-bond donors (Lipinski definition) is 1. The van der Waals surface area contributed by atoms with Gasteiger partial charge in [0.1, 0.15) is 0 Å². The Kier molecular flexibility index (Phi) is 5.95. The molecule has 30 heavy (non-hydrogen) atoms. The van der Waals surface area contributed by atoms with Crippen LogP contribution in [0, 0.1) is 0 Å². The van der Waals surface area contributed by atoms with E-state index >= 15 is 0 Å². The molecule has 1 aromatic heterocycles. The third-order valence-corrected chi connectivity index (χ3v) is 6.96. The monoisotopic (exact) mass is 486 g/mol. The Bertz CT molecular complexity index is 1220. The molecular formula is C23H23BrN2O3S. The van der Waals surface area contributed by atoms with Crippen LogP contribution in [0.4, 0.5) is 0 Å². The number of fused-ring (bicyclic) bond motifs is 1. The van der Waals surface area contributed by atoms with Gasteiger partial charge in [0.15, 0.2) is 0 Å². The first-order chi connectivity index (χ1) is 14.3. The van der Waals surface area contributed by atoms with Crippen LogP contribution in [-0.4, -0.2) is 25.3 Å². The molecule has 1 N–H and O–H groups in total. The summed E-state index contributed by atoms with van der Waals surface area (Å²) >= 11 is 3.55. The molecule has 2 aromatic carbocycles. The highest BCUT2D eigenvalue weighted by Crippen LogP contribution is 2.31. The van der Waals surface area contributed by atoms with Crippen molar-refractivity contribution in [3.63, 3.8) is 0 Å². The van der Waals surface area contributed by atoms with Crippen molar-refractivity contribution in [2.45, 2.75) is 31.3 Å². The molecule has 2 atom stereocenters. The number of aromatic nitrogens is 1. The van der Waals surface area contributed by atoms with Crippen molar-refractivity contribution < 1.29 is 8.42 Å². The van der Waals surface area contributed by atoms with Crippen LogP contribution in [0.5, 0.6) is 0 Å². The maximum Gasteiger partial charge on any atom is 0.251 e. The quantitative estimate of drug-likeness (QED) is 0.593. The maximum atomic E-state index is 12.8. The van der Waals surface area contributed by atoms with Gasteiger partial charge >= 0.3 is 0 Å². The van der Waals surface area contributed by atoms with E-state index in [2.05, 4.69) is 44.9 Å². The van der Waals surface area contributed by atoms with E-state index in [0.717, 1.165) is 26.9 Å². The van der Waals surface area contributed by atoms with E-state index in [4.69, 9.17) is 0 Å². The standard InChI is InChI=1S/C23H23BrN2O3S/c1-30(28,29)25-20-11-12-21-19(24)10-13-23(27)26(21)22(20)15-16-6-5-9-18(14-16)17-7-3-2-4-8-17/h2-10,13-14,20,22,25H,11-12,15H2,1H3. The van der Waals surface area contributed by atoms with Crippen LogP contribution in [0.25, 0.3) is 11.1 Å². The summed E-state index contributed by atoms with van der Waals surface area (Å²) in [6.07, 6.45) is 2.99. The third-order valence-electron chi connectivity index (χ3n) is 5.51. The molecule has 0 saturated carbocycles. The van der Waals surface area contributed by atoms with E-state index in [1.807, 2.05) is 30.3 Å². The van der Waals surface area contributed by atoms with E-state index in [1.54, 1.807) is 10.6 Å². The predicted molar refractivity (Wildman–Crippen MR) is 123 cm³/mol. The van der Waals surface area contributed by atoms with Gasteiger partial charge in [-0.2, -0.15) is 0 Å². The minimum atomic E-state index is -3.40. The van der Waals surface area contributed by atoms with Gasteiger partial charge in [0, 0.05) is 22.3 Å². The second-order valence-corrected chi connectivity index (χ2v) is 10.3. The topological polar surface area (TPSA) is 68.2 Å². The van der Waals surface area contributed by atoms with Gasteiger partial charge in [0.05, 0.1) is 12.3 Å². The van der Waals surface area contributed by atoms with Crippen molar-refractivity contribution in [1.82, 2.24) is 9.29 Å². The van der Waals surface area contributed by atoms with Crippen molar-refractivity contribution >= 4 is 26.0 Å². The fourth-order valence-corrected chi connectivity index (χ4v) is 5.58. The lowest BCUT2D eigenvalue weighted by molar-refractivity contribution is 0.314. The van der Waals surface area contributed by atoms with Crippen LogP contribution in [-0.2, 0) is 22.9 Å². The summed E-state index contributed by atoms with van der Waals surface area (Å²) in [5, 5.41) is 0. The highest BCUT2D eigenvalue weighted by atomic mass is 79.9. The van der Waals surface area contributed by atoms with Gasteiger partial charge in [-0.1, -0.05) is 54.6 Å². The average Bonchev–Trinajstić information content (AvgIpc) is 2.72. The van der Waals surface area contributed by atoms with E-state index in [-0.39, 0.29) is 17.6 Å². The van der Waals surface area contributed by atoms with Gasteiger partial charge in [-0.3, -0.25) is 4.79 Å². The molecule has 1 aliphatic heterocycles. The van der Waals surface area contributed by atoms with Gasteiger partial charge in [-0.25, -0.2) is 13.1 Å². The molecule has 2 heterocycles. The van der Waals surface area contributed by atoms with Gasteiger partial charge in [0.2, 0.25) is 10.0 Å². The number of hydrogen-bond acceptors (Lipinski definition) is 3. The summed E-state index contributed by atoms with van der Waals surface area (Å²) in [4.78, 5) is 12.8. The molecule has 156 valence electrons. The highest BCUT2D eigenvalue weighted by Gasteiger charge is 2.33. The summed E-state index contributed by atoms with van der Waals surface area (Å²) in [6.45, 7) is 0. The molecular weight excluding hydrogens is 464 g/mol. The number of rotatable bonds is 5. The zero-order valence-corrected chi connectivity index (χ0v) is 19.0. The van der Waals surface area contributed by atoms with E-state index in [1.165, 1.54) is 12.3 Å². The Labute approximate surface area is 184 Å². The summed E-state index contributed by atoms with van der Waals surface area (Å²) in [5.74, 6) is 0. The third kappa shape index (κ3) is 4.58. The number of nitrogens with one attached hydrogen (secondary N) is 1. The highest BCUT2D eigenvalue weighted by molar-refractivity contribution is 9.10. The smallest absolute Gasteiger partial charge is 0.251 e. The number of sulfonamides is 1. The molecule has 3 aromatic rings. The maximum absolute atomic E-state index is 12.8. The SMILES string of the molecule is CS(=O)(=O)NC1CCc2c(Br)ccc(=O)n2C1Cc1cccc(-c2ccccc2)c1. The molecule has 0 spiro atoms. The Balaban J connectivity index is 1.75. The van der Waals surface area contributed by atoms with Crippen LogP contribution >= 0.6 is 15.9 Å². The lowest BCUT2D eigenvalue weighted by Gasteiger charge is -2.36. The Morgan fingerprint density at radius 2 is 1.77 bits per heavy atom. The normalized spacial score (nSPS) is 18.7. The predicted octanol–water partition coefficient (Wildman–Crippen LogP) is 3.93. The molecule has 0 radical (unpaired) electrons. The number of halogens is 1. The van der Waals surface area contributed by atoms with Gasteiger partial charge < -0.3 is 4.57 Å². The lowest BCUT2D eigenvalue weighted by atomic mass is 9.90. The van der Waals surface area contributed by atoms with Gasteiger partial charge in [-0.05, 0) is 57.9 Å². The second-order valence-electron chi connectivity index (χ2n) is 7.71. The first-order valence-electron chi connectivity index (χ1n) is 9.83. The molecule has 0 bridgehead atoms. The molecule has 0 saturated heterocycles. The number of benzene rings is 2. The molecule has 0 fully saturated rings. The number of nitrogens with zero attached hydrogens (tertiary/aromatic N) is 1. The molecule has 5 nitrogen and oxygen atoms in total. The van der Waals surface area contributed by atoms with Gasteiger partial charge in [-0.15, -0.1) is 0 Å².